The quantitative estimate of drug-likeness (QED) is 0.835. The first kappa shape index (κ1) is 18.4. The number of imide groups is 1. The van der Waals surface area contributed by atoms with E-state index in [0.717, 1.165) is 30.6 Å². The third-order valence-electron chi connectivity index (χ3n) is 5.64. The second kappa shape index (κ2) is 6.87. The third-order valence-corrected chi connectivity index (χ3v) is 5.64. The zero-order valence-electron chi connectivity index (χ0n) is 16.3. The number of anilines is 1. The molecule has 0 aliphatic carbocycles. The van der Waals surface area contributed by atoms with E-state index in [9.17, 15) is 14.4 Å². The molecule has 1 saturated heterocycles. The van der Waals surface area contributed by atoms with Gasteiger partial charge in [0.1, 0.15) is 0 Å². The summed E-state index contributed by atoms with van der Waals surface area (Å²) in [5, 5.41) is 3.25. The van der Waals surface area contributed by atoms with Gasteiger partial charge in [-0.3, -0.25) is 14.4 Å². The molecule has 2 aliphatic rings. The summed E-state index contributed by atoms with van der Waals surface area (Å²) in [5.41, 5.74) is 3.47. The van der Waals surface area contributed by atoms with E-state index >= 15 is 0 Å². The number of fused-ring (bicyclic) bond motifs is 1. The SMILES string of the molecule is Cc1ccc(C)c(N2C(=O)c3ccc(C(=O)N(C)C4CCNC4)cc3C2=O)c1. The molecule has 1 fully saturated rings. The highest BCUT2D eigenvalue weighted by molar-refractivity contribution is 6.35. The molecule has 1 N–H and O–H groups in total. The average molecular weight is 377 g/mol. The lowest BCUT2D eigenvalue weighted by Crippen LogP contribution is -2.38. The smallest absolute Gasteiger partial charge is 0.266 e. The molecule has 3 amide bonds. The Kier molecular flexibility index (Phi) is 4.51. The summed E-state index contributed by atoms with van der Waals surface area (Å²) in [7, 11) is 1.78. The molecule has 4 rings (SSSR count). The van der Waals surface area contributed by atoms with Crippen molar-refractivity contribution in [2.75, 3.05) is 25.0 Å². The maximum absolute atomic E-state index is 13.0. The molecule has 1 unspecified atom stereocenters. The highest BCUT2D eigenvalue weighted by atomic mass is 16.2. The van der Waals surface area contributed by atoms with Gasteiger partial charge in [0.25, 0.3) is 17.7 Å². The number of benzene rings is 2. The summed E-state index contributed by atoms with van der Waals surface area (Å²) in [5.74, 6) is -0.864. The molecule has 2 heterocycles. The Morgan fingerprint density at radius 1 is 1.07 bits per heavy atom. The van der Waals surface area contributed by atoms with Gasteiger partial charge in [0, 0.05) is 25.2 Å². The van der Waals surface area contributed by atoms with Crippen LogP contribution in [0.5, 0.6) is 0 Å². The van der Waals surface area contributed by atoms with E-state index in [1.807, 2.05) is 32.0 Å². The van der Waals surface area contributed by atoms with Crippen molar-refractivity contribution in [2.45, 2.75) is 26.3 Å². The zero-order chi connectivity index (χ0) is 20.0. The summed E-state index contributed by atoms with van der Waals surface area (Å²) < 4.78 is 0. The first-order valence-corrected chi connectivity index (χ1v) is 9.46. The number of rotatable bonds is 3. The van der Waals surface area contributed by atoms with Crippen LogP contribution in [0, 0.1) is 13.8 Å². The normalized spacial score (nSPS) is 18.5. The van der Waals surface area contributed by atoms with Crippen molar-refractivity contribution in [2.24, 2.45) is 0 Å². The number of likely N-dealkylation sites (N-methyl/N-ethyl adjacent to an activating group) is 1. The van der Waals surface area contributed by atoms with Gasteiger partial charge in [0.05, 0.1) is 16.8 Å². The van der Waals surface area contributed by atoms with Crippen LogP contribution < -0.4 is 10.2 Å². The molecule has 6 nitrogen and oxygen atoms in total. The number of carbonyl (C=O) groups excluding carboxylic acids is 3. The lowest BCUT2D eigenvalue weighted by atomic mass is 10.0. The Morgan fingerprint density at radius 3 is 2.54 bits per heavy atom. The highest BCUT2D eigenvalue weighted by Gasteiger charge is 2.38. The fourth-order valence-corrected chi connectivity index (χ4v) is 3.89. The highest BCUT2D eigenvalue weighted by Crippen LogP contribution is 2.32. The first-order valence-electron chi connectivity index (χ1n) is 9.46. The van der Waals surface area contributed by atoms with E-state index in [0.29, 0.717) is 16.8 Å². The van der Waals surface area contributed by atoms with Crippen molar-refractivity contribution in [1.82, 2.24) is 10.2 Å². The minimum Gasteiger partial charge on any atom is -0.337 e. The molecule has 0 aromatic heterocycles. The molecule has 0 radical (unpaired) electrons. The summed E-state index contributed by atoms with van der Waals surface area (Å²) in [6.07, 6.45) is 0.908. The van der Waals surface area contributed by atoms with Crippen LogP contribution in [0.1, 0.15) is 48.6 Å². The van der Waals surface area contributed by atoms with Crippen molar-refractivity contribution in [1.29, 1.82) is 0 Å². The minimum atomic E-state index is -0.381. The van der Waals surface area contributed by atoms with Crippen molar-refractivity contribution >= 4 is 23.4 Å². The first-order chi connectivity index (χ1) is 13.4. The fourth-order valence-electron chi connectivity index (χ4n) is 3.89. The van der Waals surface area contributed by atoms with E-state index < -0.39 is 0 Å². The summed E-state index contributed by atoms with van der Waals surface area (Å²) in [4.78, 5) is 41.7. The van der Waals surface area contributed by atoms with E-state index in [-0.39, 0.29) is 29.3 Å². The lowest BCUT2D eigenvalue weighted by molar-refractivity contribution is 0.0743. The molecule has 2 aromatic carbocycles. The van der Waals surface area contributed by atoms with E-state index in [4.69, 9.17) is 0 Å². The number of nitrogens with zero attached hydrogens (tertiary/aromatic N) is 2. The van der Waals surface area contributed by atoms with Crippen molar-refractivity contribution < 1.29 is 14.4 Å². The third kappa shape index (κ3) is 2.90. The van der Waals surface area contributed by atoms with Gasteiger partial charge < -0.3 is 10.2 Å². The molecule has 2 aliphatic heterocycles. The van der Waals surface area contributed by atoms with Gasteiger partial charge in [-0.2, -0.15) is 0 Å². The molecule has 0 bridgehead atoms. The number of nitrogens with one attached hydrogen (secondary N) is 1. The Balaban J connectivity index is 1.67. The molecule has 28 heavy (non-hydrogen) atoms. The topological polar surface area (TPSA) is 69.7 Å². The number of hydrogen-bond donors (Lipinski definition) is 1. The second-order valence-electron chi connectivity index (χ2n) is 7.56. The minimum absolute atomic E-state index is 0.137. The van der Waals surface area contributed by atoms with Crippen LogP contribution in [0.2, 0.25) is 0 Å². The Hall–Kier alpha value is -2.99. The van der Waals surface area contributed by atoms with Crippen LogP contribution in [-0.2, 0) is 0 Å². The fraction of sp³-hybridized carbons (Fsp3) is 0.318. The van der Waals surface area contributed by atoms with Crippen molar-refractivity contribution in [3.63, 3.8) is 0 Å². The Labute approximate surface area is 164 Å². The molecular formula is C22H23N3O3. The summed E-state index contributed by atoms with van der Waals surface area (Å²) in [6, 6.07) is 10.6. The number of hydrogen-bond acceptors (Lipinski definition) is 4. The van der Waals surface area contributed by atoms with Crippen LogP contribution in [0.15, 0.2) is 36.4 Å². The summed E-state index contributed by atoms with van der Waals surface area (Å²) >= 11 is 0. The lowest BCUT2D eigenvalue weighted by Gasteiger charge is -2.23. The summed E-state index contributed by atoms with van der Waals surface area (Å²) in [6.45, 7) is 5.46. The van der Waals surface area contributed by atoms with Crippen LogP contribution in [0.4, 0.5) is 5.69 Å². The van der Waals surface area contributed by atoms with Crippen LogP contribution in [0.3, 0.4) is 0 Å². The van der Waals surface area contributed by atoms with Crippen molar-refractivity contribution in [3.05, 3.63) is 64.2 Å². The molecular weight excluding hydrogens is 354 g/mol. The maximum atomic E-state index is 13.0. The van der Waals surface area contributed by atoms with Crippen LogP contribution in [0.25, 0.3) is 0 Å². The van der Waals surface area contributed by atoms with Gasteiger partial charge in [-0.15, -0.1) is 0 Å². The molecule has 6 heteroatoms. The number of carbonyl (C=O) groups is 3. The van der Waals surface area contributed by atoms with Crippen molar-refractivity contribution in [3.8, 4) is 0 Å². The molecule has 2 aromatic rings. The van der Waals surface area contributed by atoms with Crippen LogP contribution >= 0.6 is 0 Å². The molecule has 144 valence electrons. The average Bonchev–Trinajstić information content (AvgIpc) is 3.30. The maximum Gasteiger partial charge on any atom is 0.266 e. The van der Waals surface area contributed by atoms with Crippen LogP contribution in [-0.4, -0.2) is 48.8 Å². The predicted octanol–water partition coefficient (Wildman–Crippen LogP) is 2.54. The molecule has 0 spiro atoms. The molecule has 0 saturated carbocycles. The van der Waals surface area contributed by atoms with Gasteiger partial charge in [-0.25, -0.2) is 4.90 Å². The van der Waals surface area contributed by atoms with Gasteiger partial charge >= 0.3 is 0 Å². The van der Waals surface area contributed by atoms with E-state index in [2.05, 4.69) is 5.32 Å². The Morgan fingerprint density at radius 2 is 1.82 bits per heavy atom. The zero-order valence-corrected chi connectivity index (χ0v) is 16.3. The largest absolute Gasteiger partial charge is 0.337 e. The standard InChI is InChI=1S/C22H23N3O3/c1-13-4-5-14(2)19(10-13)25-21(27)17-7-6-15(11-18(17)22(25)28)20(26)24(3)16-8-9-23-12-16/h4-7,10-11,16,23H,8-9,12H2,1-3H3. The van der Waals surface area contributed by atoms with Gasteiger partial charge in [-0.05, 0) is 62.2 Å². The number of amides is 3. The monoisotopic (exact) mass is 377 g/mol. The second-order valence-corrected chi connectivity index (χ2v) is 7.56. The molecule has 1 atom stereocenters. The van der Waals surface area contributed by atoms with E-state index in [1.54, 1.807) is 30.1 Å². The Bertz CT molecular complexity index is 993. The van der Waals surface area contributed by atoms with E-state index in [1.165, 1.54) is 4.90 Å². The van der Waals surface area contributed by atoms with Gasteiger partial charge in [0.15, 0.2) is 0 Å². The van der Waals surface area contributed by atoms with Gasteiger partial charge in [-0.1, -0.05) is 12.1 Å². The predicted molar refractivity (Wildman–Crippen MR) is 107 cm³/mol. The number of aryl methyl sites for hydroxylation is 2. The van der Waals surface area contributed by atoms with Gasteiger partial charge in [0.2, 0.25) is 0 Å².